The third-order valence-corrected chi connectivity index (χ3v) is 8.23. The summed E-state index contributed by atoms with van der Waals surface area (Å²) in [6.07, 6.45) is 9.04. The molecule has 1 aliphatic carbocycles. The number of ether oxygens (including phenoxy) is 2. The summed E-state index contributed by atoms with van der Waals surface area (Å²) in [4.78, 5) is 44.3. The molecule has 2 N–H and O–H groups in total. The molecule has 3 aromatic rings. The van der Waals surface area contributed by atoms with Crippen molar-refractivity contribution >= 4 is 29.2 Å². The molecule has 1 saturated heterocycles. The van der Waals surface area contributed by atoms with Crippen LogP contribution in [0.15, 0.2) is 30.7 Å². The van der Waals surface area contributed by atoms with Gasteiger partial charge in [-0.25, -0.2) is 30.4 Å². The molecule has 2 aliphatic heterocycles. The SMILES string of the molecule is COc1ccc(-c2nc(N3CCOCC3)c3c(n2)N(C2CCCC2)C(CN(C)c2ncc(C(=O)NO)cn2)N3C)cn1. The molecular formula is C28H36N10O4. The van der Waals surface area contributed by atoms with E-state index in [1.807, 2.05) is 24.1 Å². The molecule has 1 saturated carbocycles. The predicted molar refractivity (Wildman–Crippen MR) is 156 cm³/mol. The van der Waals surface area contributed by atoms with Crippen molar-refractivity contribution in [3.63, 3.8) is 0 Å². The standard InChI is InChI=1S/C28H36N10O4/c1-35(28-30-15-19(16-31-28)27(39)34-40)17-22-36(2)23-25(37-10-12-42-13-11-37)32-24(18-8-9-21(41-3)29-14-18)33-26(23)38(22)20-6-4-5-7-20/h8-9,14-16,20,22,40H,4-7,10-13,17H2,1-3H3,(H,34,39). The van der Waals surface area contributed by atoms with Gasteiger partial charge in [0.2, 0.25) is 11.8 Å². The lowest BCUT2D eigenvalue weighted by Gasteiger charge is -2.37. The molecule has 1 atom stereocenters. The number of amides is 1. The van der Waals surface area contributed by atoms with Crippen molar-refractivity contribution in [2.24, 2.45) is 0 Å². The number of anilines is 4. The third kappa shape index (κ3) is 5.23. The zero-order valence-corrected chi connectivity index (χ0v) is 24.1. The minimum atomic E-state index is -0.653. The van der Waals surface area contributed by atoms with Gasteiger partial charge in [0.1, 0.15) is 11.9 Å². The van der Waals surface area contributed by atoms with E-state index < -0.39 is 5.91 Å². The molecule has 0 bridgehead atoms. The molecule has 42 heavy (non-hydrogen) atoms. The van der Waals surface area contributed by atoms with E-state index in [2.05, 4.69) is 36.7 Å². The zero-order chi connectivity index (χ0) is 29.2. The molecule has 2 fully saturated rings. The number of nitrogens with zero attached hydrogens (tertiary/aromatic N) is 9. The Morgan fingerprint density at radius 3 is 2.45 bits per heavy atom. The number of pyridine rings is 1. The van der Waals surface area contributed by atoms with E-state index >= 15 is 0 Å². The first-order valence-electron chi connectivity index (χ1n) is 14.2. The maximum Gasteiger partial charge on any atom is 0.277 e. The molecule has 0 aromatic carbocycles. The van der Waals surface area contributed by atoms with Crippen LogP contribution in [0.25, 0.3) is 11.4 Å². The Morgan fingerprint density at radius 1 is 1.10 bits per heavy atom. The summed E-state index contributed by atoms with van der Waals surface area (Å²) in [6.45, 7) is 3.35. The maximum atomic E-state index is 11.8. The van der Waals surface area contributed by atoms with Gasteiger partial charge in [-0.1, -0.05) is 12.8 Å². The number of morpholine rings is 1. The number of fused-ring (bicyclic) bond motifs is 1. The van der Waals surface area contributed by atoms with Crippen molar-refractivity contribution in [1.82, 2.24) is 30.4 Å². The van der Waals surface area contributed by atoms with Crippen LogP contribution in [0.3, 0.4) is 0 Å². The van der Waals surface area contributed by atoms with Crippen LogP contribution in [0.1, 0.15) is 36.0 Å². The van der Waals surface area contributed by atoms with Crippen molar-refractivity contribution in [1.29, 1.82) is 0 Å². The number of hydroxylamine groups is 1. The second-order valence-electron chi connectivity index (χ2n) is 10.8. The van der Waals surface area contributed by atoms with E-state index in [4.69, 9.17) is 24.6 Å². The van der Waals surface area contributed by atoms with Crippen molar-refractivity contribution in [3.8, 4) is 17.3 Å². The number of carbonyl (C=O) groups excluding carboxylic acids is 1. The summed E-state index contributed by atoms with van der Waals surface area (Å²) in [5.74, 6) is 2.79. The van der Waals surface area contributed by atoms with Gasteiger partial charge in [-0.3, -0.25) is 10.0 Å². The zero-order valence-electron chi connectivity index (χ0n) is 24.1. The quantitative estimate of drug-likeness (QED) is 0.298. The summed E-state index contributed by atoms with van der Waals surface area (Å²) >= 11 is 0. The number of aromatic nitrogens is 5. The summed E-state index contributed by atoms with van der Waals surface area (Å²) in [6, 6.07) is 4.10. The number of rotatable bonds is 8. The van der Waals surface area contributed by atoms with Crippen LogP contribution in [-0.2, 0) is 4.74 Å². The number of nitrogens with one attached hydrogen (secondary N) is 1. The van der Waals surface area contributed by atoms with Gasteiger partial charge >= 0.3 is 0 Å². The molecule has 222 valence electrons. The van der Waals surface area contributed by atoms with E-state index in [9.17, 15) is 4.79 Å². The normalized spacial score (nSPS) is 18.8. The molecule has 14 nitrogen and oxygen atoms in total. The highest BCUT2D eigenvalue weighted by Gasteiger charge is 2.44. The Kier molecular flexibility index (Phi) is 7.89. The van der Waals surface area contributed by atoms with Crippen LogP contribution >= 0.6 is 0 Å². The van der Waals surface area contributed by atoms with Gasteiger partial charge in [0.25, 0.3) is 5.91 Å². The fourth-order valence-electron chi connectivity index (χ4n) is 6.00. The summed E-state index contributed by atoms with van der Waals surface area (Å²) in [7, 11) is 5.64. The Balaban J connectivity index is 1.40. The van der Waals surface area contributed by atoms with E-state index in [1.165, 1.54) is 25.2 Å². The molecule has 3 aromatic heterocycles. The molecule has 3 aliphatic rings. The highest BCUT2D eigenvalue weighted by atomic mass is 16.5. The average molecular weight is 577 g/mol. The highest BCUT2D eigenvalue weighted by Crippen LogP contribution is 2.47. The Hall–Kier alpha value is -4.30. The van der Waals surface area contributed by atoms with Crippen LogP contribution in [-0.4, -0.2) is 102 Å². The third-order valence-electron chi connectivity index (χ3n) is 8.23. The molecule has 0 radical (unpaired) electrons. The minimum Gasteiger partial charge on any atom is -0.481 e. The number of carbonyl (C=O) groups is 1. The smallest absolute Gasteiger partial charge is 0.277 e. The molecule has 6 rings (SSSR count). The lowest BCUT2D eigenvalue weighted by Crippen LogP contribution is -2.52. The Labute approximate surface area is 244 Å². The van der Waals surface area contributed by atoms with E-state index in [0.717, 1.165) is 48.8 Å². The number of methoxy groups -OCH3 is 1. The second kappa shape index (κ2) is 11.9. The molecule has 14 heteroatoms. The van der Waals surface area contributed by atoms with Crippen molar-refractivity contribution in [3.05, 3.63) is 36.3 Å². The van der Waals surface area contributed by atoms with Crippen LogP contribution in [0.2, 0.25) is 0 Å². The summed E-state index contributed by atoms with van der Waals surface area (Å²) in [5, 5.41) is 8.93. The van der Waals surface area contributed by atoms with Gasteiger partial charge in [0, 0.05) is 63.4 Å². The first-order valence-corrected chi connectivity index (χ1v) is 14.2. The summed E-state index contributed by atoms with van der Waals surface area (Å²) in [5.41, 5.74) is 3.62. The molecule has 1 unspecified atom stereocenters. The van der Waals surface area contributed by atoms with Crippen molar-refractivity contribution in [2.45, 2.75) is 37.9 Å². The lowest BCUT2D eigenvalue weighted by atomic mass is 10.2. The molecule has 5 heterocycles. The van der Waals surface area contributed by atoms with Gasteiger partial charge in [0.15, 0.2) is 17.5 Å². The van der Waals surface area contributed by atoms with E-state index in [1.54, 1.807) is 18.8 Å². The van der Waals surface area contributed by atoms with Gasteiger partial charge in [-0.05, 0) is 18.9 Å². The van der Waals surface area contributed by atoms with Crippen molar-refractivity contribution < 1.29 is 19.5 Å². The van der Waals surface area contributed by atoms with Gasteiger partial charge in [-0.15, -0.1) is 0 Å². The first kappa shape index (κ1) is 27.8. The lowest BCUT2D eigenvalue weighted by molar-refractivity contribution is 0.0705. The molecule has 0 spiro atoms. The molecule has 1 amide bonds. The van der Waals surface area contributed by atoms with Crippen LogP contribution < -0.4 is 29.8 Å². The van der Waals surface area contributed by atoms with Gasteiger partial charge < -0.3 is 29.1 Å². The van der Waals surface area contributed by atoms with Crippen LogP contribution in [0, 0.1) is 0 Å². The number of hydrogen-bond donors (Lipinski definition) is 2. The average Bonchev–Trinajstić information content (AvgIpc) is 3.67. The summed E-state index contributed by atoms with van der Waals surface area (Å²) < 4.78 is 10.9. The topological polar surface area (TPSA) is 145 Å². The Bertz CT molecular complexity index is 1400. The van der Waals surface area contributed by atoms with E-state index in [-0.39, 0.29) is 11.7 Å². The van der Waals surface area contributed by atoms with Gasteiger partial charge in [0.05, 0.1) is 32.4 Å². The second-order valence-corrected chi connectivity index (χ2v) is 10.8. The largest absolute Gasteiger partial charge is 0.481 e. The predicted octanol–water partition coefficient (Wildman–Crippen LogP) is 1.95. The monoisotopic (exact) mass is 576 g/mol. The van der Waals surface area contributed by atoms with Crippen LogP contribution in [0.5, 0.6) is 5.88 Å². The number of hydrogen-bond acceptors (Lipinski definition) is 13. The fourth-order valence-corrected chi connectivity index (χ4v) is 6.00. The maximum absolute atomic E-state index is 11.8. The number of likely N-dealkylation sites (N-methyl/N-ethyl adjacent to an activating group) is 2. The van der Waals surface area contributed by atoms with Gasteiger partial charge in [-0.2, -0.15) is 0 Å². The van der Waals surface area contributed by atoms with Crippen LogP contribution in [0.4, 0.5) is 23.3 Å². The Morgan fingerprint density at radius 2 is 1.81 bits per heavy atom. The minimum absolute atomic E-state index is 0.0598. The highest BCUT2D eigenvalue weighted by molar-refractivity contribution is 5.92. The fraction of sp³-hybridized carbons (Fsp3) is 0.500. The first-order chi connectivity index (χ1) is 20.5. The van der Waals surface area contributed by atoms with Crippen molar-refractivity contribution in [2.75, 3.05) is 73.7 Å². The molecular weight excluding hydrogens is 540 g/mol. The van der Waals surface area contributed by atoms with E-state index in [0.29, 0.717) is 43.5 Å².